The largest absolute Gasteiger partial charge is 0.493 e. The van der Waals surface area contributed by atoms with Crippen LogP contribution in [0.1, 0.15) is 18.4 Å². The van der Waals surface area contributed by atoms with Gasteiger partial charge in [-0.2, -0.15) is 0 Å². The molecule has 5 heteroatoms. The fourth-order valence-electron chi connectivity index (χ4n) is 1.89. The molecule has 2 N–H and O–H groups in total. The Morgan fingerprint density at radius 2 is 2.11 bits per heavy atom. The van der Waals surface area contributed by atoms with Crippen molar-refractivity contribution in [1.29, 1.82) is 0 Å². The number of benzene rings is 1. The molecule has 104 valence electrons. The average Bonchev–Trinajstić information content (AvgIpc) is 3.26. The maximum absolute atomic E-state index is 5.40. The van der Waals surface area contributed by atoms with Crippen molar-refractivity contribution in [1.82, 2.24) is 10.6 Å². The van der Waals surface area contributed by atoms with E-state index in [1.165, 1.54) is 12.8 Å². The van der Waals surface area contributed by atoms with Crippen molar-refractivity contribution in [3.63, 3.8) is 0 Å². The van der Waals surface area contributed by atoms with Crippen molar-refractivity contribution in [2.24, 2.45) is 4.99 Å². The minimum atomic E-state index is 0.582. The lowest BCUT2D eigenvalue weighted by Gasteiger charge is -2.15. The topological polar surface area (TPSA) is 54.9 Å². The summed E-state index contributed by atoms with van der Waals surface area (Å²) in [4.78, 5) is 4.20. The van der Waals surface area contributed by atoms with E-state index < -0.39 is 0 Å². The average molecular weight is 263 g/mol. The summed E-state index contributed by atoms with van der Waals surface area (Å²) in [6.07, 6.45) is 2.45. The number of guanidine groups is 1. The third-order valence-corrected chi connectivity index (χ3v) is 3.07. The van der Waals surface area contributed by atoms with E-state index in [1.807, 2.05) is 18.2 Å². The van der Waals surface area contributed by atoms with Crippen LogP contribution in [-0.4, -0.2) is 33.3 Å². The van der Waals surface area contributed by atoms with Gasteiger partial charge in [0.15, 0.2) is 17.5 Å². The Bertz CT molecular complexity index is 456. The van der Waals surface area contributed by atoms with Crippen LogP contribution in [0.4, 0.5) is 0 Å². The van der Waals surface area contributed by atoms with Crippen molar-refractivity contribution < 1.29 is 9.47 Å². The number of ether oxygens (including phenoxy) is 2. The summed E-state index contributed by atoms with van der Waals surface area (Å²) in [7, 11) is 5.07. The molecule has 0 bridgehead atoms. The number of nitrogens with zero attached hydrogens (tertiary/aromatic N) is 1. The van der Waals surface area contributed by atoms with Crippen molar-refractivity contribution in [2.75, 3.05) is 21.3 Å². The third-order valence-electron chi connectivity index (χ3n) is 3.07. The van der Waals surface area contributed by atoms with Gasteiger partial charge in [0.25, 0.3) is 0 Å². The van der Waals surface area contributed by atoms with Crippen LogP contribution in [0.3, 0.4) is 0 Å². The molecule has 0 aromatic heterocycles. The fourth-order valence-corrected chi connectivity index (χ4v) is 1.89. The lowest BCUT2D eigenvalue weighted by Crippen LogP contribution is -2.38. The van der Waals surface area contributed by atoms with Gasteiger partial charge < -0.3 is 20.1 Å². The van der Waals surface area contributed by atoms with Gasteiger partial charge in [0.2, 0.25) is 0 Å². The standard InChI is InChI=1S/C14H21N3O2/c1-15-14(17-11-7-8-11)16-9-10-5-4-6-12(18-2)13(10)19-3/h4-6,11H,7-9H2,1-3H3,(H2,15,16,17). The molecule has 0 atom stereocenters. The molecule has 0 unspecified atom stereocenters. The first-order valence-corrected chi connectivity index (χ1v) is 6.45. The van der Waals surface area contributed by atoms with E-state index in [9.17, 15) is 0 Å². The monoisotopic (exact) mass is 263 g/mol. The van der Waals surface area contributed by atoms with Gasteiger partial charge in [-0.15, -0.1) is 0 Å². The molecule has 0 spiro atoms. The highest BCUT2D eigenvalue weighted by Gasteiger charge is 2.22. The summed E-state index contributed by atoms with van der Waals surface area (Å²) in [6.45, 7) is 0.646. The van der Waals surface area contributed by atoms with Crippen LogP contribution in [0.25, 0.3) is 0 Å². The van der Waals surface area contributed by atoms with Gasteiger partial charge in [-0.3, -0.25) is 4.99 Å². The molecule has 5 nitrogen and oxygen atoms in total. The molecule has 0 amide bonds. The number of nitrogens with one attached hydrogen (secondary N) is 2. The van der Waals surface area contributed by atoms with E-state index in [2.05, 4.69) is 15.6 Å². The number of hydrogen-bond donors (Lipinski definition) is 2. The second kappa shape index (κ2) is 6.31. The molecular formula is C14H21N3O2. The second-order valence-electron chi connectivity index (χ2n) is 4.50. The van der Waals surface area contributed by atoms with E-state index in [0.29, 0.717) is 12.6 Å². The van der Waals surface area contributed by atoms with Crippen LogP contribution in [0, 0.1) is 0 Å². The lowest BCUT2D eigenvalue weighted by atomic mass is 10.2. The van der Waals surface area contributed by atoms with Gasteiger partial charge in [0.05, 0.1) is 14.2 Å². The summed E-state index contributed by atoms with van der Waals surface area (Å²) >= 11 is 0. The number of methoxy groups -OCH3 is 2. The Labute approximate surface area is 114 Å². The maximum Gasteiger partial charge on any atom is 0.191 e. The number of aliphatic imine (C=N–C) groups is 1. The molecule has 0 radical (unpaired) electrons. The van der Waals surface area contributed by atoms with Crippen LogP contribution >= 0.6 is 0 Å². The van der Waals surface area contributed by atoms with Crippen LogP contribution in [-0.2, 0) is 6.54 Å². The normalized spacial score (nSPS) is 15.0. The van der Waals surface area contributed by atoms with Gasteiger partial charge >= 0.3 is 0 Å². The Hall–Kier alpha value is -1.91. The van der Waals surface area contributed by atoms with E-state index in [-0.39, 0.29) is 0 Å². The molecule has 2 rings (SSSR count). The molecule has 19 heavy (non-hydrogen) atoms. The van der Waals surface area contributed by atoms with Crippen molar-refractivity contribution in [3.05, 3.63) is 23.8 Å². The zero-order chi connectivity index (χ0) is 13.7. The highest BCUT2D eigenvalue weighted by Crippen LogP contribution is 2.30. The first-order valence-electron chi connectivity index (χ1n) is 6.45. The maximum atomic E-state index is 5.40. The Morgan fingerprint density at radius 1 is 1.32 bits per heavy atom. The zero-order valence-electron chi connectivity index (χ0n) is 11.7. The van der Waals surface area contributed by atoms with Crippen LogP contribution < -0.4 is 20.1 Å². The Balaban J connectivity index is 2.01. The highest BCUT2D eigenvalue weighted by atomic mass is 16.5. The minimum absolute atomic E-state index is 0.582. The molecule has 1 fully saturated rings. The Morgan fingerprint density at radius 3 is 2.68 bits per heavy atom. The van der Waals surface area contributed by atoms with E-state index >= 15 is 0 Å². The third kappa shape index (κ3) is 3.53. The summed E-state index contributed by atoms with van der Waals surface area (Å²) in [5, 5.41) is 6.63. The van der Waals surface area contributed by atoms with E-state index in [0.717, 1.165) is 23.0 Å². The quantitative estimate of drug-likeness (QED) is 0.625. The van der Waals surface area contributed by atoms with Gasteiger partial charge in [-0.25, -0.2) is 0 Å². The van der Waals surface area contributed by atoms with Crippen molar-refractivity contribution in [2.45, 2.75) is 25.4 Å². The molecule has 1 aliphatic carbocycles. The highest BCUT2D eigenvalue weighted by molar-refractivity contribution is 5.80. The predicted octanol–water partition coefficient (Wildman–Crippen LogP) is 1.53. The van der Waals surface area contributed by atoms with Crippen LogP contribution in [0.5, 0.6) is 11.5 Å². The fraction of sp³-hybridized carbons (Fsp3) is 0.500. The van der Waals surface area contributed by atoms with Crippen LogP contribution in [0.15, 0.2) is 23.2 Å². The lowest BCUT2D eigenvalue weighted by molar-refractivity contribution is 0.351. The number of hydrogen-bond acceptors (Lipinski definition) is 3. The summed E-state index contributed by atoms with van der Waals surface area (Å²) in [5.41, 5.74) is 1.04. The minimum Gasteiger partial charge on any atom is -0.493 e. The molecule has 1 aromatic carbocycles. The first kappa shape index (κ1) is 13.5. The van der Waals surface area contributed by atoms with Crippen LogP contribution in [0.2, 0.25) is 0 Å². The van der Waals surface area contributed by atoms with Gasteiger partial charge in [0.1, 0.15) is 0 Å². The number of para-hydroxylation sites is 1. The van der Waals surface area contributed by atoms with E-state index in [4.69, 9.17) is 9.47 Å². The number of rotatable bonds is 5. The summed E-state index contributed by atoms with van der Waals surface area (Å²) in [5.74, 6) is 2.33. The SMILES string of the molecule is CN=C(NCc1cccc(OC)c1OC)NC1CC1. The van der Waals surface area contributed by atoms with Gasteiger partial charge in [-0.05, 0) is 18.9 Å². The Kier molecular flexibility index (Phi) is 4.49. The molecular weight excluding hydrogens is 242 g/mol. The molecule has 1 aliphatic rings. The molecule has 0 heterocycles. The van der Waals surface area contributed by atoms with Gasteiger partial charge in [-0.1, -0.05) is 12.1 Å². The summed E-state index contributed by atoms with van der Waals surface area (Å²) in [6, 6.07) is 6.44. The smallest absolute Gasteiger partial charge is 0.191 e. The second-order valence-corrected chi connectivity index (χ2v) is 4.50. The predicted molar refractivity (Wildman–Crippen MR) is 75.9 cm³/mol. The van der Waals surface area contributed by atoms with Crippen molar-refractivity contribution >= 4 is 5.96 Å². The summed E-state index contributed by atoms with van der Waals surface area (Å²) < 4.78 is 10.7. The molecule has 0 aliphatic heterocycles. The molecule has 1 aromatic rings. The van der Waals surface area contributed by atoms with Gasteiger partial charge in [0, 0.05) is 25.2 Å². The molecule has 0 saturated heterocycles. The molecule has 1 saturated carbocycles. The van der Waals surface area contributed by atoms with E-state index in [1.54, 1.807) is 21.3 Å². The first-order chi connectivity index (χ1) is 9.28. The van der Waals surface area contributed by atoms with Crippen molar-refractivity contribution in [3.8, 4) is 11.5 Å². The zero-order valence-corrected chi connectivity index (χ0v) is 11.7.